The Hall–Kier alpha value is -3.27. The molecule has 6 heteroatoms. The first-order chi connectivity index (χ1) is 14.7. The van der Waals surface area contributed by atoms with E-state index in [1.165, 1.54) is 0 Å². The molecular formula is C24H21N3O3. The maximum Gasteiger partial charge on any atom is 0.258 e. The van der Waals surface area contributed by atoms with E-state index >= 15 is 0 Å². The molecule has 0 amide bonds. The van der Waals surface area contributed by atoms with E-state index < -0.39 is 0 Å². The summed E-state index contributed by atoms with van der Waals surface area (Å²) in [5.74, 6) is -0.0581. The number of rotatable bonds is 4. The second-order valence-electron chi connectivity index (χ2n) is 7.73. The summed E-state index contributed by atoms with van der Waals surface area (Å²) in [6.07, 6.45) is 0.798. The summed E-state index contributed by atoms with van der Waals surface area (Å²) in [7, 11) is 0. The molecule has 1 fully saturated rings. The third kappa shape index (κ3) is 2.95. The zero-order chi connectivity index (χ0) is 20.7. The van der Waals surface area contributed by atoms with Gasteiger partial charge in [-0.2, -0.15) is 5.26 Å². The van der Waals surface area contributed by atoms with Gasteiger partial charge in [-0.3, -0.25) is 14.5 Å². The van der Waals surface area contributed by atoms with Crippen LogP contribution in [-0.4, -0.2) is 48.1 Å². The molecule has 6 nitrogen and oxygen atoms in total. The van der Waals surface area contributed by atoms with Crippen molar-refractivity contribution in [3.8, 4) is 17.3 Å². The average Bonchev–Trinajstić information content (AvgIpc) is 3.09. The minimum atomic E-state index is -0.146. The molecule has 30 heavy (non-hydrogen) atoms. The number of aromatic nitrogens is 1. The number of nitriles is 1. The van der Waals surface area contributed by atoms with Crippen LogP contribution >= 0.6 is 0 Å². The number of benzene rings is 2. The van der Waals surface area contributed by atoms with Crippen LogP contribution in [0.3, 0.4) is 0 Å². The number of ketones is 1. The summed E-state index contributed by atoms with van der Waals surface area (Å²) in [5.41, 5.74) is 2.99. The van der Waals surface area contributed by atoms with Crippen LogP contribution in [0, 0.1) is 11.3 Å². The van der Waals surface area contributed by atoms with E-state index in [1.807, 2.05) is 24.3 Å². The fourth-order valence-electron chi connectivity index (χ4n) is 4.54. The molecule has 0 unspecified atom stereocenters. The molecule has 0 saturated carbocycles. The van der Waals surface area contributed by atoms with Gasteiger partial charge in [0.2, 0.25) is 0 Å². The normalized spacial score (nSPS) is 15.8. The zero-order valence-electron chi connectivity index (χ0n) is 16.6. The maximum absolute atomic E-state index is 13.5. The molecule has 2 aliphatic rings. The van der Waals surface area contributed by atoms with E-state index in [0.717, 1.165) is 44.8 Å². The van der Waals surface area contributed by atoms with Gasteiger partial charge < -0.3 is 9.30 Å². The van der Waals surface area contributed by atoms with Crippen LogP contribution in [-0.2, 0) is 11.3 Å². The van der Waals surface area contributed by atoms with Crippen molar-refractivity contribution < 1.29 is 9.53 Å². The Morgan fingerprint density at radius 1 is 0.967 bits per heavy atom. The van der Waals surface area contributed by atoms with Gasteiger partial charge in [0.25, 0.3) is 5.56 Å². The van der Waals surface area contributed by atoms with Gasteiger partial charge in [0, 0.05) is 48.1 Å². The average molecular weight is 399 g/mol. The lowest BCUT2D eigenvalue weighted by molar-refractivity contribution is 0.0369. The molecule has 1 aromatic heterocycles. The van der Waals surface area contributed by atoms with Crippen molar-refractivity contribution in [3.05, 3.63) is 69.5 Å². The van der Waals surface area contributed by atoms with Crippen LogP contribution in [0.2, 0.25) is 0 Å². The molecule has 0 radical (unpaired) electrons. The van der Waals surface area contributed by atoms with Crippen molar-refractivity contribution in [3.63, 3.8) is 0 Å². The Bertz CT molecular complexity index is 1260. The third-order valence-electron chi connectivity index (χ3n) is 6.01. The summed E-state index contributed by atoms with van der Waals surface area (Å²) >= 11 is 0. The number of morpholine rings is 1. The highest BCUT2D eigenvalue weighted by Crippen LogP contribution is 2.39. The number of hydrogen-bond acceptors (Lipinski definition) is 5. The molecule has 0 atom stereocenters. The first-order valence-electron chi connectivity index (χ1n) is 10.2. The van der Waals surface area contributed by atoms with E-state index in [0.29, 0.717) is 39.7 Å². The summed E-state index contributed by atoms with van der Waals surface area (Å²) in [6.45, 7) is 4.67. The number of nitrogens with zero attached hydrogens (tertiary/aromatic N) is 3. The molecule has 1 saturated heterocycles. The van der Waals surface area contributed by atoms with Gasteiger partial charge in [0.1, 0.15) is 0 Å². The maximum atomic E-state index is 13.5. The minimum absolute atomic E-state index is 0.0581. The highest BCUT2D eigenvalue weighted by Gasteiger charge is 2.32. The Balaban J connectivity index is 1.64. The lowest BCUT2D eigenvalue weighted by Crippen LogP contribution is -2.37. The van der Waals surface area contributed by atoms with Crippen molar-refractivity contribution in [2.24, 2.45) is 0 Å². The van der Waals surface area contributed by atoms with E-state index in [1.54, 1.807) is 22.8 Å². The molecule has 1 aliphatic heterocycles. The van der Waals surface area contributed by atoms with Crippen LogP contribution in [0.4, 0.5) is 0 Å². The van der Waals surface area contributed by atoms with Crippen LogP contribution < -0.4 is 5.56 Å². The van der Waals surface area contributed by atoms with Gasteiger partial charge >= 0.3 is 0 Å². The Morgan fingerprint density at radius 3 is 2.50 bits per heavy atom. The predicted molar refractivity (Wildman–Crippen MR) is 114 cm³/mol. The number of carbonyl (C=O) groups excluding carboxylic acids is 1. The summed E-state index contributed by atoms with van der Waals surface area (Å²) in [6, 6.07) is 14.6. The fourth-order valence-corrected chi connectivity index (χ4v) is 4.54. The number of hydrogen-bond donors (Lipinski definition) is 0. The number of pyridine rings is 1. The van der Waals surface area contributed by atoms with Crippen molar-refractivity contribution in [1.29, 1.82) is 5.26 Å². The Labute approximate surface area is 173 Å². The van der Waals surface area contributed by atoms with Gasteiger partial charge in [0.05, 0.1) is 36.1 Å². The molecule has 0 bridgehead atoms. The number of fused-ring (bicyclic) bond motifs is 5. The van der Waals surface area contributed by atoms with Gasteiger partial charge in [-0.25, -0.2) is 0 Å². The van der Waals surface area contributed by atoms with Crippen molar-refractivity contribution in [2.75, 3.05) is 32.8 Å². The third-order valence-corrected chi connectivity index (χ3v) is 6.01. The molecule has 0 N–H and O–H groups in total. The Morgan fingerprint density at radius 2 is 1.73 bits per heavy atom. The minimum Gasteiger partial charge on any atom is -0.379 e. The molecule has 0 spiro atoms. The lowest BCUT2D eigenvalue weighted by Gasteiger charge is -2.26. The quantitative estimate of drug-likeness (QED) is 0.528. The predicted octanol–water partition coefficient (Wildman–Crippen LogP) is 2.81. The molecule has 5 rings (SSSR count). The van der Waals surface area contributed by atoms with Gasteiger partial charge in [-0.15, -0.1) is 0 Å². The largest absolute Gasteiger partial charge is 0.379 e. The lowest BCUT2D eigenvalue weighted by atomic mass is 10.0. The smallest absolute Gasteiger partial charge is 0.258 e. The van der Waals surface area contributed by atoms with Gasteiger partial charge in [-0.05, 0) is 18.6 Å². The van der Waals surface area contributed by atoms with E-state index in [-0.39, 0.29) is 11.3 Å². The Kier molecular flexibility index (Phi) is 4.70. The molecule has 2 aromatic carbocycles. The van der Waals surface area contributed by atoms with Crippen LogP contribution in [0.5, 0.6) is 0 Å². The molecule has 1 aliphatic carbocycles. The number of ether oxygens (including phenoxy) is 1. The van der Waals surface area contributed by atoms with Crippen LogP contribution in [0.25, 0.3) is 22.0 Å². The zero-order valence-corrected chi connectivity index (χ0v) is 16.6. The molecule has 150 valence electrons. The first-order valence-corrected chi connectivity index (χ1v) is 10.2. The van der Waals surface area contributed by atoms with E-state index in [2.05, 4.69) is 11.0 Å². The van der Waals surface area contributed by atoms with Crippen LogP contribution in [0.15, 0.2) is 47.3 Å². The van der Waals surface area contributed by atoms with Gasteiger partial charge in [-0.1, -0.05) is 30.3 Å². The standard InChI is InChI=1S/C24H21N3O3/c25-15-16-6-7-17-20(14-16)24(29)27(9-3-8-26-10-12-30-13-11-26)22-18-4-1-2-5-19(18)23(28)21(17)22/h1-2,4-7,14H,3,8-13H2. The van der Waals surface area contributed by atoms with Crippen molar-refractivity contribution in [2.45, 2.75) is 13.0 Å². The summed E-state index contributed by atoms with van der Waals surface area (Å²) in [4.78, 5) is 29.0. The second-order valence-corrected chi connectivity index (χ2v) is 7.73. The fraction of sp³-hybridized carbons (Fsp3) is 0.292. The SMILES string of the molecule is N#Cc1ccc2c3c(n(CCCN4CCOCC4)c(=O)c2c1)-c1ccccc1C3=O. The van der Waals surface area contributed by atoms with E-state index in [9.17, 15) is 14.9 Å². The van der Waals surface area contributed by atoms with Gasteiger partial charge in [0.15, 0.2) is 5.78 Å². The monoisotopic (exact) mass is 399 g/mol. The molecular weight excluding hydrogens is 378 g/mol. The molecule has 3 aromatic rings. The first kappa shape index (κ1) is 18.7. The topological polar surface area (TPSA) is 75.3 Å². The number of carbonyl (C=O) groups is 1. The van der Waals surface area contributed by atoms with E-state index in [4.69, 9.17) is 4.74 Å². The summed E-state index contributed by atoms with van der Waals surface area (Å²) in [5, 5.41) is 10.3. The van der Waals surface area contributed by atoms with Crippen molar-refractivity contribution >= 4 is 16.6 Å². The van der Waals surface area contributed by atoms with Crippen LogP contribution in [0.1, 0.15) is 27.9 Å². The highest BCUT2D eigenvalue weighted by atomic mass is 16.5. The molecule has 2 heterocycles. The second kappa shape index (κ2) is 7.52. The van der Waals surface area contributed by atoms with Crippen molar-refractivity contribution in [1.82, 2.24) is 9.47 Å². The highest BCUT2D eigenvalue weighted by molar-refractivity contribution is 6.26. The summed E-state index contributed by atoms with van der Waals surface area (Å²) < 4.78 is 7.14.